The summed E-state index contributed by atoms with van der Waals surface area (Å²) < 4.78 is 6.07. The Bertz CT molecular complexity index is 1160. The second-order valence-electron chi connectivity index (χ2n) is 8.33. The van der Waals surface area contributed by atoms with Crippen molar-refractivity contribution in [2.75, 3.05) is 6.54 Å². The maximum Gasteiger partial charge on any atom is 0.120 e. The standard InChI is InChI=1S/C27H27ClN2O.ClH/c28-21-8-6-19(7-9-21)14-15-29-22-10-12-26-24(16-22)25-17-23(11-13-27(25)30-26)31-18-20-4-2-1-3-5-20;/h1-9,11,13,17,22,29-30H,10,12,14-16,18H2;1H. The van der Waals surface area contributed by atoms with Crippen LogP contribution in [0, 0.1) is 0 Å². The van der Waals surface area contributed by atoms with Crippen molar-refractivity contribution in [2.24, 2.45) is 0 Å². The topological polar surface area (TPSA) is 37.0 Å². The number of halogens is 2. The largest absolute Gasteiger partial charge is 0.489 e. The Kier molecular flexibility index (Phi) is 7.41. The van der Waals surface area contributed by atoms with Gasteiger partial charge in [-0.1, -0.05) is 54.1 Å². The van der Waals surface area contributed by atoms with Crippen molar-refractivity contribution in [3.8, 4) is 5.75 Å². The van der Waals surface area contributed by atoms with Crippen LogP contribution in [-0.2, 0) is 25.9 Å². The molecule has 0 saturated heterocycles. The van der Waals surface area contributed by atoms with Gasteiger partial charge in [0.2, 0.25) is 0 Å². The van der Waals surface area contributed by atoms with Gasteiger partial charge in [-0.2, -0.15) is 0 Å². The molecule has 0 amide bonds. The quantitative estimate of drug-likeness (QED) is 0.325. The zero-order valence-corrected chi connectivity index (χ0v) is 19.5. The molecular formula is C27H28Cl2N2O. The number of H-pyrrole nitrogens is 1. The number of nitrogens with one attached hydrogen (secondary N) is 2. The van der Waals surface area contributed by atoms with E-state index in [-0.39, 0.29) is 12.4 Å². The van der Waals surface area contributed by atoms with Gasteiger partial charge >= 0.3 is 0 Å². The number of benzene rings is 3. The molecule has 1 atom stereocenters. The molecule has 1 unspecified atom stereocenters. The van der Waals surface area contributed by atoms with Crippen molar-refractivity contribution in [3.05, 3.63) is 100 Å². The minimum Gasteiger partial charge on any atom is -0.489 e. The summed E-state index contributed by atoms with van der Waals surface area (Å²) in [6.07, 6.45) is 4.32. The first kappa shape index (κ1) is 22.7. The van der Waals surface area contributed by atoms with Gasteiger partial charge in [-0.25, -0.2) is 0 Å². The van der Waals surface area contributed by atoms with Crippen LogP contribution in [0.4, 0.5) is 0 Å². The minimum atomic E-state index is 0. The molecule has 0 aliphatic heterocycles. The molecule has 4 aromatic rings. The summed E-state index contributed by atoms with van der Waals surface area (Å²) in [6, 6.07) is 25.4. The van der Waals surface area contributed by atoms with Crippen LogP contribution < -0.4 is 10.1 Å². The number of rotatable bonds is 7. The third kappa shape index (κ3) is 5.29. The number of hydrogen-bond acceptors (Lipinski definition) is 2. The Morgan fingerprint density at radius 3 is 2.59 bits per heavy atom. The molecule has 1 aromatic heterocycles. The van der Waals surface area contributed by atoms with E-state index in [1.165, 1.54) is 33.3 Å². The number of aromatic nitrogens is 1. The van der Waals surface area contributed by atoms with Gasteiger partial charge in [-0.15, -0.1) is 12.4 Å². The van der Waals surface area contributed by atoms with Crippen LogP contribution in [0.5, 0.6) is 5.75 Å². The summed E-state index contributed by atoms with van der Waals surface area (Å²) in [5.41, 5.74) is 6.53. The minimum absolute atomic E-state index is 0. The van der Waals surface area contributed by atoms with Crippen LogP contribution in [0.25, 0.3) is 10.9 Å². The van der Waals surface area contributed by atoms with E-state index in [1.54, 1.807) is 0 Å². The van der Waals surface area contributed by atoms with E-state index in [9.17, 15) is 0 Å². The van der Waals surface area contributed by atoms with Gasteiger partial charge in [-0.3, -0.25) is 0 Å². The monoisotopic (exact) mass is 466 g/mol. The van der Waals surface area contributed by atoms with E-state index in [2.05, 4.69) is 52.8 Å². The Labute approximate surface area is 200 Å². The predicted octanol–water partition coefficient (Wildman–Crippen LogP) is 6.51. The van der Waals surface area contributed by atoms with Crippen molar-refractivity contribution in [3.63, 3.8) is 0 Å². The Hall–Kier alpha value is -2.46. The lowest BCUT2D eigenvalue weighted by molar-refractivity contribution is 0.306. The molecule has 3 aromatic carbocycles. The SMILES string of the molecule is Cl.Clc1ccc(CCNC2CCc3[nH]c4ccc(OCc5ccccc5)cc4c3C2)cc1. The molecule has 1 aliphatic rings. The van der Waals surface area contributed by atoms with Gasteiger partial charge in [0, 0.05) is 27.7 Å². The first-order chi connectivity index (χ1) is 15.2. The fourth-order valence-corrected chi connectivity index (χ4v) is 4.60. The number of fused-ring (bicyclic) bond motifs is 3. The van der Waals surface area contributed by atoms with Crippen LogP contribution >= 0.6 is 24.0 Å². The van der Waals surface area contributed by atoms with Gasteiger partial charge in [0.05, 0.1) is 0 Å². The molecule has 32 heavy (non-hydrogen) atoms. The molecule has 0 saturated carbocycles. The molecule has 0 bridgehead atoms. The molecule has 166 valence electrons. The average molecular weight is 467 g/mol. The Morgan fingerprint density at radius 1 is 0.969 bits per heavy atom. The molecule has 2 N–H and O–H groups in total. The Balaban J connectivity index is 0.00000245. The number of aromatic amines is 1. The molecule has 5 heteroatoms. The zero-order chi connectivity index (χ0) is 21.0. The van der Waals surface area contributed by atoms with E-state index in [0.29, 0.717) is 12.6 Å². The van der Waals surface area contributed by atoms with Crippen LogP contribution in [0.3, 0.4) is 0 Å². The van der Waals surface area contributed by atoms with Gasteiger partial charge in [0.1, 0.15) is 12.4 Å². The van der Waals surface area contributed by atoms with Crippen LogP contribution in [0.15, 0.2) is 72.8 Å². The highest BCUT2D eigenvalue weighted by atomic mass is 35.5. The van der Waals surface area contributed by atoms with E-state index in [0.717, 1.165) is 43.0 Å². The molecule has 0 fully saturated rings. The fourth-order valence-electron chi connectivity index (χ4n) is 4.47. The third-order valence-corrected chi connectivity index (χ3v) is 6.42. The highest BCUT2D eigenvalue weighted by Crippen LogP contribution is 2.32. The zero-order valence-electron chi connectivity index (χ0n) is 17.9. The van der Waals surface area contributed by atoms with Gasteiger partial charge < -0.3 is 15.0 Å². The van der Waals surface area contributed by atoms with Crippen LogP contribution in [0.2, 0.25) is 5.02 Å². The van der Waals surface area contributed by atoms with E-state index >= 15 is 0 Å². The van der Waals surface area contributed by atoms with Gasteiger partial charge in [0.25, 0.3) is 0 Å². The second-order valence-corrected chi connectivity index (χ2v) is 8.77. The molecule has 1 heterocycles. The van der Waals surface area contributed by atoms with Crippen molar-refractivity contribution >= 4 is 34.9 Å². The summed E-state index contributed by atoms with van der Waals surface area (Å²) in [6.45, 7) is 1.57. The smallest absolute Gasteiger partial charge is 0.120 e. The first-order valence-corrected chi connectivity index (χ1v) is 11.4. The summed E-state index contributed by atoms with van der Waals surface area (Å²) in [4.78, 5) is 3.63. The van der Waals surface area contributed by atoms with E-state index in [4.69, 9.17) is 16.3 Å². The third-order valence-electron chi connectivity index (χ3n) is 6.17. The highest BCUT2D eigenvalue weighted by molar-refractivity contribution is 6.30. The number of ether oxygens (including phenoxy) is 1. The van der Waals surface area contributed by atoms with Gasteiger partial charge in [-0.05, 0) is 79.3 Å². The summed E-state index contributed by atoms with van der Waals surface area (Å²) in [7, 11) is 0. The second kappa shape index (κ2) is 10.4. The van der Waals surface area contributed by atoms with Crippen molar-refractivity contribution in [1.82, 2.24) is 10.3 Å². The van der Waals surface area contributed by atoms with Crippen molar-refractivity contribution < 1.29 is 4.74 Å². The van der Waals surface area contributed by atoms with E-state index < -0.39 is 0 Å². The molecule has 1 aliphatic carbocycles. The van der Waals surface area contributed by atoms with Crippen molar-refractivity contribution in [2.45, 2.75) is 38.3 Å². The molecular weight excluding hydrogens is 439 g/mol. The lowest BCUT2D eigenvalue weighted by Gasteiger charge is -2.24. The summed E-state index contributed by atoms with van der Waals surface area (Å²) in [5, 5.41) is 5.85. The average Bonchev–Trinajstić information content (AvgIpc) is 3.17. The number of aryl methyl sites for hydroxylation is 1. The molecule has 5 rings (SSSR count). The van der Waals surface area contributed by atoms with Crippen LogP contribution in [-0.4, -0.2) is 17.6 Å². The molecule has 0 spiro atoms. The summed E-state index contributed by atoms with van der Waals surface area (Å²) >= 11 is 5.99. The predicted molar refractivity (Wildman–Crippen MR) is 135 cm³/mol. The Morgan fingerprint density at radius 2 is 1.78 bits per heavy atom. The van der Waals surface area contributed by atoms with E-state index in [1.807, 2.05) is 30.3 Å². The number of hydrogen-bond donors (Lipinski definition) is 2. The first-order valence-electron chi connectivity index (χ1n) is 11.0. The maximum absolute atomic E-state index is 6.07. The maximum atomic E-state index is 6.07. The normalized spacial score (nSPS) is 15.2. The molecule has 0 radical (unpaired) electrons. The lowest BCUT2D eigenvalue weighted by atomic mass is 9.91. The van der Waals surface area contributed by atoms with Gasteiger partial charge in [0.15, 0.2) is 0 Å². The lowest BCUT2D eigenvalue weighted by Crippen LogP contribution is -2.35. The van der Waals surface area contributed by atoms with Crippen LogP contribution in [0.1, 0.15) is 28.8 Å². The highest BCUT2D eigenvalue weighted by Gasteiger charge is 2.22. The summed E-state index contributed by atoms with van der Waals surface area (Å²) in [5.74, 6) is 0.927. The fraction of sp³-hybridized carbons (Fsp3) is 0.259. The molecule has 3 nitrogen and oxygen atoms in total. The van der Waals surface area contributed by atoms with Crippen molar-refractivity contribution in [1.29, 1.82) is 0 Å².